The Morgan fingerprint density at radius 3 is 2.56 bits per heavy atom. The standard InChI is InChI=1S/C14H18O4/c1-2-3-7-14(8-5-4-6-9-14)13-17-11(15)10-12(16)18-13/h4-6,8,13H,2-3,7,9-10H2,1H3. The normalized spacial score (nSPS) is 28.1. The Kier molecular flexibility index (Phi) is 3.84. The van der Waals surface area contributed by atoms with Gasteiger partial charge in [-0.1, -0.05) is 44.1 Å². The molecule has 4 heteroatoms. The van der Waals surface area contributed by atoms with E-state index in [-0.39, 0.29) is 6.42 Å². The molecule has 0 bridgehead atoms. The van der Waals surface area contributed by atoms with Gasteiger partial charge in [0.05, 0.1) is 5.41 Å². The minimum absolute atomic E-state index is 0.278. The van der Waals surface area contributed by atoms with Gasteiger partial charge in [-0.15, -0.1) is 0 Å². The fourth-order valence-electron chi connectivity index (χ4n) is 2.36. The Balaban J connectivity index is 2.17. The van der Waals surface area contributed by atoms with Crippen LogP contribution in [0.15, 0.2) is 24.3 Å². The van der Waals surface area contributed by atoms with E-state index in [0.29, 0.717) is 0 Å². The molecule has 0 radical (unpaired) electrons. The Morgan fingerprint density at radius 1 is 1.28 bits per heavy atom. The van der Waals surface area contributed by atoms with E-state index in [1.165, 1.54) is 0 Å². The van der Waals surface area contributed by atoms with Gasteiger partial charge in [0.1, 0.15) is 6.42 Å². The highest BCUT2D eigenvalue weighted by molar-refractivity contribution is 5.92. The minimum Gasteiger partial charge on any atom is -0.424 e. The first kappa shape index (κ1) is 12.9. The zero-order valence-corrected chi connectivity index (χ0v) is 10.6. The predicted octanol–water partition coefficient (Wildman–Crippen LogP) is 2.50. The van der Waals surface area contributed by atoms with Crippen molar-refractivity contribution >= 4 is 11.9 Å². The summed E-state index contributed by atoms with van der Waals surface area (Å²) < 4.78 is 10.5. The zero-order valence-electron chi connectivity index (χ0n) is 10.6. The van der Waals surface area contributed by atoms with Crippen LogP contribution in [0.2, 0.25) is 0 Å². The fourth-order valence-corrected chi connectivity index (χ4v) is 2.36. The van der Waals surface area contributed by atoms with Gasteiger partial charge in [0.15, 0.2) is 0 Å². The van der Waals surface area contributed by atoms with Crippen LogP contribution in [-0.2, 0) is 19.1 Å². The van der Waals surface area contributed by atoms with Crippen molar-refractivity contribution in [2.75, 3.05) is 0 Å². The highest BCUT2D eigenvalue weighted by Gasteiger charge is 2.44. The number of allylic oxidation sites excluding steroid dienone is 3. The van der Waals surface area contributed by atoms with Crippen LogP contribution in [0.3, 0.4) is 0 Å². The highest BCUT2D eigenvalue weighted by atomic mass is 16.7. The van der Waals surface area contributed by atoms with Gasteiger partial charge in [0, 0.05) is 0 Å². The number of rotatable bonds is 4. The summed E-state index contributed by atoms with van der Waals surface area (Å²) in [4.78, 5) is 22.8. The molecule has 1 aliphatic carbocycles. The number of esters is 2. The largest absolute Gasteiger partial charge is 0.424 e. The number of hydrogen-bond acceptors (Lipinski definition) is 4. The second-order valence-electron chi connectivity index (χ2n) is 4.82. The summed E-state index contributed by atoms with van der Waals surface area (Å²) in [6, 6.07) is 0. The van der Waals surface area contributed by atoms with Crippen LogP contribution in [0, 0.1) is 5.41 Å². The van der Waals surface area contributed by atoms with E-state index in [9.17, 15) is 9.59 Å². The number of unbranched alkanes of at least 4 members (excludes halogenated alkanes) is 1. The molecule has 0 aromatic rings. The molecule has 0 amide bonds. The summed E-state index contributed by atoms with van der Waals surface area (Å²) in [5, 5.41) is 0. The average molecular weight is 250 g/mol. The predicted molar refractivity (Wildman–Crippen MR) is 65.4 cm³/mol. The van der Waals surface area contributed by atoms with E-state index in [1.807, 2.05) is 24.3 Å². The van der Waals surface area contributed by atoms with Gasteiger partial charge in [-0.05, 0) is 12.8 Å². The summed E-state index contributed by atoms with van der Waals surface area (Å²) in [6.07, 6.45) is 10.5. The number of ether oxygens (including phenoxy) is 2. The highest BCUT2D eigenvalue weighted by Crippen LogP contribution is 2.40. The average Bonchev–Trinajstić information content (AvgIpc) is 2.36. The lowest BCUT2D eigenvalue weighted by Crippen LogP contribution is -2.44. The van der Waals surface area contributed by atoms with Crippen LogP contribution in [0.5, 0.6) is 0 Å². The van der Waals surface area contributed by atoms with Gasteiger partial charge in [-0.3, -0.25) is 9.59 Å². The van der Waals surface area contributed by atoms with Crippen LogP contribution in [-0.4, -0.2) is 18.2 Å². The molecule has 1 saturated heterocycles. The Bertz CT molecular complexity index is 381. The summed E-state index contributed by atoms with van der Waals surface area (Å²) in [5.41, 5.74) is -0.392. The molecular weight excluding hydrogens is 232 g/mol. The summed E-state index contributed by atoms with van der Waals surface area (Å²) in [6.45, 7) is 2.11. The smallest absolute Gasteiger partial charge is 0.320 e. The lowest BCUT2D eigenvalue weighted by molar-refractivity contribution is -0.222. The van der Waals surface area contributed by atoms with Crippen molar-refractivity contribution in [3.05, 3.63) is 24.3 Å². The minimum atomic E-state index is -0.779. The van der Waals surface area contributed by atoms with Crippen molar-refractivity contribution in [3.8, 4) is 0 Å². The molecule has 0 aromatic carbocycles. The van der Waals surface area contributed by atoms with Crippen molar-refractivity contribution in [1.82, 2.24) is 0 Å². The zero-order chi connectivity index (χ0) is 13.0. The monoisotopic (exact) mass is 250 g/mol. The van der Waals surface area contributed by atoms with Crippen LogP contribution >= 0.6 is 0 Å². The van der Waals surface area contributed by atoms with Crippen LogP contribution in [0.4, 0.5) is 0 Å². The summed E-state index contributed by atoms with van der Waals surface area (Å²) >= 11 is 0. The molecular formula is C14H18O4. The number of carbonyl (C=O) groups excluding carboxylic acids is 2. The maximum atomic E-state index is 11.4. The first-order valence-electron chi connectivity index (χ1n) is 6.39. The van der Waals surface area contributed by atoms with Gasteiger partial charge in [0.2, 0.25) is 0 Å². The molecule has 0 aromatic heterocycles. The maximum Gasteiger partial charge on any atom is 0.320 e. The quantitative estimate of drug-likeness (QED) is 0.568. The van der Waals surface area contributed by atoms with E-state index in [1.54, 1.807) is 0 Å². The molecule has 18 heavy (non-hydrogen) atoms. The molecule has 0 saturated carbocycles. The second kappa shape index (κ2) is 5.38. The van der Waals surface area contributed by atoms with Gasteiger partial charge in [-0.2, -0.15) is 0 Å². The van der Waals surface area contributed by atoms with E-state index in [4.69, 9.17) is 9.47 Å². The third kappa shape index (κ3) is 2.63. The van der Waals surface area contributed by atoms with Crippen molar-refractivity contribution in [3.63, 3.8) is 0 Å². The lowest BCUT2D eigenvalue weighted by atomic mass is 9.76. The Hall–Kier alpha value is -1.58. The Labute approximate surface area is 107 Å². The molecule has 0 N–H and O–H groups in total. The van der Waals surface area contributed by atoms with Gasteiger partial charge < -0.3 is 9.47 Å². The first-order valence-corrected chi connectivity index (χ1v) is 6.39. The summed E-state index contributed by atoms with van der Waals surface area (Å²) in [5.74, 6) is -0.981. The van der Waals surface area contributed by atoms with E-state index in [2.05, 4.69) is 6.92 Å². The molecule has 1 aliphatic heterocycles. The Morgan fingerprint density at radius 2 is 2.00 bits per heavy atom. The third-order valence-corrected chi connectivity index (χ3v) is 3.40. The number of hydrogen-bond donors (Lipinski definition) is 0. The van der Waals surface area contributed by atoms with Gasteiger partial charge in [0.25, 0.3) is 6.29 Å². The van der Waals surface area contributed by atoms with Gasteiger partial charge >= 0.3 is 11.9 Å². The van der Waals surface area contributed by atoms with Crippen LogP contribution in [0.1, 0.15) is 39.0 Å². The van der Waals surface area contributed by atoms with E-state index >= 15 is 0 Å². The summed E-state index contributed by atoms with van der Waals surface area (Å²) in [7, 11) is 0. The molecule has 1 fully saturated rings. The van der Waals surface area contributed by atoms with Crippen molar-refractivity contribution in [2.45, 2.75) is 45.3 Å². The molecule has 1 heterocycles. The topological polar surface area (TPSA) is 52.6 Å². The molecule has 2 rings (SSSR count). The van der Waals surface area contributed by atoms with Crippen LogP contribution in [0.25, 0.3) is 0 Å². The van der Waals surface area contributed by atoms with Gasteiger partial charge in [-0.25, -0.2) is 0 Å². The number of cyclic esters (lactones) is 2. The van der Waals surface area contributed by atoms with Crippen molar-refractivity contribution in [2.24, 2.45) is 5.41 Å². The fraction of sp³-hybridized carbons (Fsp3) is 0.571. The molecule has 1 unspecified atom stereocenters. The van der Waals surface area contributed by atoms with Crippen molar-refractivity contribution < 1.29 is 19.1 Å². The third-order valence-electron chi connectivity index (χ3n) is 3.40. The SMILES string of the molecule is CCCCC1(C2OC(=O)CC(=O)O2)C=CC=CC1. The number of carbonyl (C=O) groups is 2. The van der Waals surface area contributed by atoms with Crippen LogP contribution < -0.4 is 0 Å². The van der Waals surface area contributed by atoms with E-state index in [0.717, 1.165) is 25.7 Å². The maximum absolute atomic E-state index is 11.4. The molecule has 4 nitrogen and oxygen atoms in total. The van der Waals surface area contributed by atoms with E-state index < -0.39 is 23.6 Å². The lowest BCUT2D eigenvalue weighted by Gasteiger charge is -2.39. The molecule has 98 valence electrons. The first-order chi connectivity index (χ1) is 8.66. The molecule has 1 atom stereocenters. The second-order valence-corrected chi connectivity index (χ2v) is 4.82. The van der Waals surface area contributed by atoms with Crippen molar-refractivity contribution in [1.29, 1.82) is 0 Å². The molecule has 2 aliphatic rings. The molecule has 0 spiro atoms.